The first-order chi connectivity index (χ1) is 3.71. The molecule has 9 nitrogen and oxygen atoms in total. The summed E-state index contributed by atoms with van der Waals surface area (Å²) in [5.41, 5.74) is 0. The third-order valence-electron chi connectivity index (χ3n) is 0.167. The van der Waals surface area contributed by atoms with Gasteiger partial charge in [-0.1, -0.05) is 0 Å². The van der Waals surface area contributed by atoms with Crippen molar-refractivity contribution in [1.29, 1.82) is 0 Å². The van der Waals surface area contributed by atoms with Gasteiger partial charge in [0, 0.05) is 0 Å². The Labute approximate surface area is 123 Å². The first kappa shape index (κ1) is 29.4. The molecule has 0 aromatic rings. The topological polar surface area (TPSA) is 191 Å². The molecule has 0 aliphatic carbocycles. The van der Waals surface area contributed by atoms with Crippen molar-refractivity contribution in [2.45, 2.75) is 0 Å². The molecule has 0 heterocycles. The number of rotatable bonds is 2. The van der Waals surface area contributed by atoms with Crippen LogP contribution in [0.3, 0.4) is 0 Å². The van der Waals surface area contributed by atoms with Gasteiger partial charge >= 0.3 is 113 Å². The molecule has 0 amide bonds. The third kappa shape index (κ3) is 31.5. The second kappa shape index (κ2) is 10.6. The van der Waals surface area contributed by atoms with Gasteiger partial charge in [-0.3, -0.25) is 0 Å². The van der Waals surface area contributed by atoms with E-state index < -0.39 is 27.2 Å². The van der Waals surface area contributed by atoms with E-state index >= 15 is 0 Å². The predicted octanol–water partition coefficient (Wildman–Crippen LogP) is -7.48. The standard InChI is InChI=1S/2Cr.2H2N.2Na.7O/h;;2*1H2;;;;;;;;;/q;;2*-1;2*+1;;;;;;2*-1. The Bertz CT molecular complexity index is 248. The van der Waals surface area contributed by atoms with E-state index in [4.69, 9.17) is 0 Å². The van der Waals surface area contributed by atoms with Crippen molar-refractivity contribution in [3.63, 3.8) is 0 Å². The fourth-order valence-corrected chi connectivity index (χ4v) is 1.74. The third-order valence-corrected chi connectivity index (χ3v) is 2.83. The molecule has 13 heteroatoms. The van der Waals surface area contributed by atoms with Crippen molar-refractivity contribution in [2.24, 2.45) is 0 Å². The monoisotopic (exact) mass is 294 g/mol. The minimum atomic E-state index is -6.07. The van der Waals surface area contributed by atoms with Crippen LogP contribution in [0.1, 0.15) is 0 Å². The number of hydrogen-bond donors (Lipinski definition) is 0. The average Bonchev–Trinajstić information content (AvgIpc) is 1.14. The fraction of sp³-hybridized carbons (Fsp3) is 0. The maximum atomic E-state index is 9.38. The summed E-state index contributed by atoms with van der Waals surface area (Å²) in [7, 11) is 0. The zero-order chi connectivity index (χ0) is 7.71. The van der Waals surface area contributed by atoms with Gasteiger partial charge in [0.25, 0.3) is 0 Å². The van der Waals surface area contributed by atoms with Gasteiger partial charge in [0.1, 0.15) is 0 Å². The first-order valence-corrected chi connectivity index (χ1v) is 5.50. The molecule has 0 spiro atoms. The molecule has 0 aromatic carbocycles. The average molecular weight is 294 g/mol. The predicted molar refractivity (Wildman–Crippen MR) is 14.4 cm³/mol. The molecule has 0 aliphatic heterocycles. The summed E-state index contributed by atoms with van der Waals surface area (Å²) < 4.78 is 58.9. The summed E-state index contributed by atoms with van der Waals surface area (Å²) in [6, 6.07) is 0. The summed E-state index contributed by atoms with van der Waals surface area (Å²) in [6.45, 7) is 0. The normalized spacial score (nSPS) is 9.38. The van der Waals surface area contributed by atoms with E-state index in [1.54, 1.807) is 0 Å². The van der Waals surface area contributed by atoms with Crippen LogP contribution >= 0.6 is 0 Å². The van der Waals surface area contributed by atoms with Crippen molar-refractivity contribution in [1.82, 2.24) is 0 Å². The van der Waals surface area contributed by atoms with Crippen LogP contribution < -0.4 is 67.4 Å². The van der Waals surface area contributed by atoms with Gasteiger partial charge in [-0.05, 0) is 0 Å². The molecule has 72 valence electrons. The Morgan fingerprint density at radius 3 is 0.923 bits per heavy atom. The van der Waals surface area contributed by atoms with E-state index in [0.29, 0.717) is 0 Å². The van der Waals surface area contributed by atoms with E-state index in [-0.39, 0.29) is 71.4 Å². The van der Waals surface area contributed by atoms with Crippen LogP contribution in [0, 0.1) is 0 Å². The van der Waals surface area contributed by atoms with Crippen LogP contribution in [0.15, 0.2) is 0 Å². The van der Waals surface area contributed by atoms with Crippen molar-refractivity contribution >= 4 is 0 Å². The van der Waals surface area contributed by atoms with Crippen molar-refractivity contribution in [3.8, 4) is 0 Å². The van der Waals surface area contributed by atoms with E-state index in [9.17, 15) is 23.5 Å². The van der Waals surface area contributed by atoms with Crippen LogP contribution in [0.5, 0.6) is 0 Å². The quantitative estimate of drug-likeness (QED) is 0.451. The molecule has 4 N–H and O–H groups in total. The molecular formula is H4Cr2N2Na2O7-2. The second-order valence-electron chi connectivity index (χ2n) is 0.885. The Kier molecular flexibility index (Phi) is 23.9. The van der Waals surface area contributed by atoms with Crippen LogP contribution in [0.4, 0.5) is 0 Å². The summed E-state index contributed by atoms with van der Waals surface area (Å²) in [5.74, 6) is 0. The molecular weight excluding hydrogens is 290 g/mol. The maximum absolute atomic E-state index is 9.38. The van der Waals surface area contributed by atoms with Crippen LogP contribution in [0.2, 0.25) is 0 Å². The Hall–Kier alpha value is 2.06. The molecule has 0 rings (SSSR count). The number of hydrogen-bond acceptors (Lipinski definition) is 7. The zero-order valence-corrected chi connectivity index (χ0v) is 13.4. The fourth-order valence-electron chi connectivity index (χ4n) is 0.102. The Morgan fingerprint density at radius 1 is 0.769 bits per heavy atom. The van der Waals surface area contributed by atoms with Gasteiger partial charge in [0.05, 0.1) is 0 Å². The van der Waals surface area contributed by atoms with Gasteiger partial charge < -0.3 is 12.3 Å². The SMILES string of the molecule is [NH2-].[NH2-].[Na+].[Na+].[O]=[Cr](=[O])([O-])[O][Cr](=[O])(=[O])[O-]. The van der Waals surface area contributed by atoms with Crippen molar-refractivity contribution in [3.05, 3.63) is 12.3 Å². The molecule has 0 radical (unpaired) electrons. The molecule has 0 unspecified atom stereocenters. The van der Waals surface area contributed by atoms with Crippen molar-refractivity contribution < 1.29 is 113 Å². The zero-order valence-electron chi connectivity index (χ0n) is 6.83. The molecule has 0 saturated carbocycles. The van der Waals surface area contributed by atoms with Gasteiger partial charge in [0.15, 0.2) is 0 Å². The summed E-state index contributed by atoms with van der Waals surface area (Å²) in [6.07, 6.45) is 0. The summed E-state index contributed by atoms with van der Waals surface area (Å²) in [5, 5.41) is 0. The molecule has 0 atom stereocenters. The Morgan fingerprint density at radius 2 is 0.923 bits per heavy atom. The van der Waals surface area contributed by atoms with E-state index in [2.05, 4.69) is 2.84 Å². The van der Waals surface area contributed by atoms with Crippen LogP contribution in [0.25, 0.3) is 12.3 Å². The molecule has 13 heavy (non-hydrogen) atoms. The Balaban J connectivity index is -0.0000000533. The van der Waals surface area contributed by atoms with E-state index in [1.807, 2.05) is 0 Å². The molecule has 0 aromatic heterocycles. The van der Waals surface area contributed by atoms with Gasteiger partial charge in [-0.2, -0.15) is 0 Å². The van der Waals surface area contributed by atoms with Crippen LogP contribution in [-0.2, 0) is 45.3 Å². The minimum absolute atomic E-state index is 0. The second-order valence-corrected chi connectivity index (χ2v) is 4.52. The van der Waals surface area contributed by atoms with Crippen molar-refractivity contribution in [2.75, 3.05) is 0 Å². The molecule has 0 saturated heterocycles. The van der Waals surface area contributed by atoms with Gasteiger partial charge in [-0.25, -0.2) is 0 Å². The summed E-state index contributed by atoms with van der Waals surface area (Å²) >= 11 is -12.1. The molecule has 0 bridgehead atoms. The van der Waals surface area contributed by atoms with E-state index in [1.165, 1.54) is 0 Å². The number of nitrogens with two attached hydrogens (primary N) is 2. The van der Waals surface area contributed by atoms with Crippen LogP contribution in [-0.4, -0.2) is 0 Å². The first-order valence-electron chi connectivity index (χ1n) is 1.33. The van der Waals surface area contributed by atoms with Gasteiger partial charge in [-0.15, -0.1) is 0 Å². The van der Waals surface area contributed by atoms with E-state index in [0.717, 1.165) is 0 Å². The molecule has 0 aliphatic rings. The molecule has 0 fully saturated rings. The summed E-state index contributed by atoms with van der Waals surface area (Å²) in [4.78, 5) is 0. The van der Waals surface area contributed by atoms with Gasteiger partial charge in [0.2, 0.25) is 0 Å².